The van der Waals surface area contributed by atoms with Gasteiger partial charge >= 0.3 is 0 Å². The molecular weight excluding hydrogens is 522 g/mol. The third-order valence-corrected chi connectivity index (χ3v) is 6.52. The molecule has 2 aromatic rings. The Morgan fingerprint density at radius 2 is 1.85 bits per heavy atom. The first-order valence-electron chi connectivity index (χ1n) is 7.43. The van der Waals surface area contributed by atoms with Crippen molar-refractivity contribution in [3.05, 3.63) is 66.4 Å². The van der Waals surface area contributed by atoms with Crippen molar-refractivity contribution in [3.8, 4) is 5.75 Å². The molecule has 3 rings (SSSR count). The summed E-state index contributed by atoms with van der Waals surface area (Å²) >= 11 is 19.4. The maximum absolute atomic E-state index is 12.1. The average molecular weight is 534 g/mol. The van der Waals surface area contributed by atoms with Gasteiger partial charge in [-0.3, -0.25) is 9.69 Å². The molecule has 8 heteroatoms. The van der Waals surface area contributed by atoms with Crippen LogP contribution in [0, 0.1) is 0 Å². The lowest BCUT2D eigenvalue weighted by Gasteiger charge is -2.12. The summed E-state index contributed by atoms with van der Waals surface area (Å²) in [6, 6.07) is 11.3. The molecule has 0 aromatic heterocycles. The topological polar surface area (TPSA) is 29.5 Å². The monoisotopic (exact) mass is 531 g/mol. The minimum Gasteiger partial charge on any atom is -0.487 e. The Balaban J connectivity index is 1.79. The quantitative estimate of drug-likeness (QED) is 0.342. The van der Waals surface area contributed by atoms with Crippen LogP contribution in [0.25, 0.3) is 6.08 Å². The molecule has 0 N–H and O–H groups in total. The molecule has 3 nitrogen and oxygen atoms in total. The number of benzene rings is 2. The summed E-state index contributed by atoms with van der Waals surface area (Å²) in [5, 5.41) is 0.693. The van der Waals surface area contributed by atoms with Crippen LogP contribution in [0.5, 0.6) is 5.75 Å². The highest BCUT2D eigenvalue weighted by molar-refractivity contribution is 9.11. The molecule has 2 aromatic carbocycles. The Hall–Kier alpha value is -0.860. The van der Waals surface area contributed by atoms with Gasteiger partial charge in [0, 0.05) is 12.1 Å². The van der Waals surface area contributed by atoms with Crippen molar-refractivity contribution in [1.29, 1.82) is 0 Å². The van der Waals surface area contributed by atoms with E-state index in [2.05, 4.69) is 31.9 Å². The van der Waals surface area contributed by atoms with Crippen molar-refractivity contribution in [2.75, 3.05) is 7.05 Å². The third-order valence-electron chi connectivity index (χ3n) is 3.60. The lowest BCUT2D eigenvalue weighted by atomic mass is 10.2. The number of amides is 1. The van der Waals surface area contributed by atoms with E-state index in [-0.39, 0.29) is 5.91 Å². The number of thiocarbonyl (C=S) groups is 1. The minimum absolute atomic E-state index is 0.0877. The predicted molar refractivity (Wildman–Crippen MR) is 119 cm³/mol. The lowest BCUT2D eigenvalue weighted by Crippen LogP contribution is -2.22. The second-order valence-electron chi connectivity index (χ2n) is 5.47. The van der Waals surface area contributed by atoms with Crippen molar-refractivity contribution < 1.29 is 9.53 Å². The molecule has 0 unspecified atom stereocenters. The second kappa shape index (κ2) is 8.44. The summed E-state index contributed by atoms with van der Waals surface area (Å²) in [4.78, 5) is 14.2. The van der Waals surface area contributed by atoms with Crippen molar-refractivity contribution in [1.82, 2.24) is 4.90 Å². The number of thioether (sulfide) groups is 1. The van der Waals surface area contributed by atoms with E-state index in [1.165, 1.54) is 16.7 Å². The largest absolute Gasteiger partial charge is 0.487 e. The van der Waals surface area contributed by atoms with Crippen LogP contribution in [-0.2, 0) is 11.4 Å². The highest BCUT2D eigenvalue weighted by Crippen LogP contribution is 2.38. The van der Waals surface area contributed by atoms with E-state index in [0.29, 0.717) is 26.6 Å². The zero-order chi connectivity index (χ0) is 18.8. The van der Waals surface area contributed by atoms with E-state index in [9.17, 15) is 4.79 Å². The summed E-state index contributed by atoms with van der Waals surface area (Å²) in [6.07, 6.45) is 1.82. The maximum Gasteiger partial charge on any atom is 0.265 e. The minimum atomic E-state index is -0.0877. The van der Waals surface area contributed by atoms with Crippen LogP contribution in [-0.4, -0.2) is 22.2 Å². The van der Waals surface area contributed by atoms with Crippen LogP contribution in [0.3, 0.4) is 0 Å². The van der Waals surface area contributed by atoms with Crippen molar-refractivity contribution >= 4 is 83.7 Å². The smallest absolute Gasteiger partial charge is 0.265 e. The summed E-state index contributed by atoms with van der Waals surface area (Å²) in [6.45, 7) is 0.419. The SMILES string of the molecule is CN1C(=O)/C(=C/c2cc(Br)c(OCc3ccc(Cl)cc3)c(Br)c2)SC1=S. The van der Waals surface area contributed by atoms with Gasteiger partial charge in [-0.25, -0.2) is 0 Å². The van der Waals surface area contributed by atoms with Gasteiger partial charge < -0.3 is 4.74 Å². The van der Waals surface area contributed by atoms with Crippen LogP contribution in [0.15, 0.2) is 50.2 Å². The molecule has 0 radical (unpaired) electrons. The number of carbonyl (C=O) groups is 1. The molecule has 1 aliphatic heterocycles. The van der Waals surface area contributed by atoms with Gasteiger partial charge in [0.1, 0.15) is 16.7 Å². The Morgan fingerprint density at radius 3 is 2.38 bits per heavy atom. The second-order valence-corrected chi connectivity index (χ2v) is 9.29. The number of hydrogen-bond donors (Lipinski definition) is 0. The van der Waals surface area contributed by atoms with Gasteiger partial charge in [0.25, 0.3) is 5.91 Å². The number of halogens is 3. The zero-order valence-corrected chi connectivity index (χ0v) is 19.0. The lowest BCUT2D eigenvalue weighted by molar-refractivity contribution is -0.121. The molecule has 1 amide bonds. The fourth-order valence-corrected chi connectivity index (χ4v) is 4.99. The van der Waals surface area contributed by atoms with E-state index >= 15 is 0 Å². The first kappa shape index (κ1) is 19.9. The van der Waals surface area contributed by atoms with E-state index in [1.54, 1.807) is 7.05 Å². The molecule has 0 saturated carbocycles. The van der Waals surface area contributed by atoms with Crippen molar-refractivity contribution in [3.63, 3.8) is 0 Å². The van der Waals surface area contributed by atoms with Crippen molar-refractivity contribution in [2.24, 2.45) is 0 Å². The van der Waals surface area contributed by atoms with E-state index in [0.717, 1.165) is 20.1 Å². The molecule has 0 aliphatic carbocycles. The van der Waals surface area contributed by atoms with Crippen LogP contribution in [0.4, 0.5) is 0 Å². The van der Waals surface area contributed by atoms with E-state index in [1.807, 2.05) is 42.5 Å². The summed E-state index contributed by atoms with van der Waals surface area (Å²) < 4.78 is 8.05. The van der Waals surface area contributed by atoms with E-state index in [4.69, 9.17) is 28.6 Å². The Labute approximate surface area is 183 Å². The van der Waals surface area contributed by atoms with E-state index < -0.39 is 0 Å². The molecular formula is C18H12Br2ClNO2S2. The van der Waals surface area contributed by atoms with Crippen LogP contribution >= 0.6 is 67.4 Å². The maximum atomic E-state index is 12.1. The van der Waals surface area contributed by atoms with Gasteiger partial charge in [-0.2, -0.15) is 0 Å². The summed E-state index contributed by atoms with van der Waals surface area (Å²) in [5.74, 6) is 0.607. The number of hydrogen-bond acceptors (Lipinski definition) is 4. The number of likely N-dealkylation sites (N-methyl/N-ethyl adjacent to an activating group) is 1. The molecule has 26 heavy (non-hydrogen) atoms. The van der Waals surface area contributed by atoms with Gasteiger partial charge in [-0.1, -0.05) is 47.7 Å². The molecule has 0 bridgehead atoms. The molecule has 1 fully saturated rings. The third kappa shape index (κ3) is 4.51. The molecule has 0 spiro atoms. The summed E-state index contributed by atoms with van der Waals surface area (Å²) in [5.41, 5.74) is 1.89. The fourth-order valence-electron chi connectivity index (χ4n) is 2.23. The first-order valence-corrected chi connectivity index (χ1v) is 10.6. The van der Waals surface area contributed by atoms with Crippen LogP contribution in [0.1, 0.15) is 11.1 Å². The normalized spacial score (nSPS) is 15.8. The van der Waals surface area contributed by atoms with Gasteiger partial charge in [0.05, 0.1) is 13.9 Å². The highest BCUT2D eigenvalue weighted by atomic mass is 79.9. The van der Waals surface area contributed by atoms with Gasteiger partial charge in [-0.05, 0) is 73.3 Å². The van der Waals surface area contributed by atoms with Gasteiger partial charge in [0.2, 0.25) is 0 Å². The first-order chi connectivity index (χ1) is 12.3. The Bertz CT molecular complexity index is 893. The number of carbonyl (C=O) groups excluding carboxylic acids is 1. The van der Waals surface area contributed by atoms with Crippen molar-refractivity contribution in [2.45, 2.75) is 6.61 Å². The fraction of sp³-hybridized carbons (Fsp3) is 0.111. The number of rotatable bonds is 4. The summed E-state index contributed by atoms with van der Waals surface area (Å²) in [7, 11) is 1.68. The molecule has 1 saturated heterocycles. The van der Waals surface area contributed by atoms with Crippen LogP contribution < -0.4 is 4.74 Å². The highest BCUT2D eigenvalue weighted by Gasteiger charge is 2.28. The zero-order valence-electron chi connectivity index (χ0n) is 13.5. The molecule has 1 heterocycles. The standard InChI is InChI=1S/C18H12Br2ClNO2S2/c1-22-17(23)15(26-18(22)25)8-11-6-13(19)16(14(20)7-11)24-9-10-2-4-12(21)5-3-10/h2-8H,9H2,1H3/b15-8-. The molecule has 1 aliphatic rings. The Kier molecular flexibility index (Phi) is 6.45. The predicted octanol–water partition coefficient (Wildman–Crippen LogP) is 6.28. The molecule has 134 valence electrons. The average Bonchev–Trinajstić information content (AvgIpc) is 2.83. The van der Waals surface area contributed by atoms with Gasteiger partial charge in [0.15, 0.2) is 0 Å². The Morgan fingerprint density at radius 1 is 1.23 bits per heavy atom. The van der Waals surface area contributed by atoms with Crippen LogP contribution in [0.2, 0.25) is 5.02 Å². The number of nitrogens with zero attached hydrogens (tertiary/aromatic N) is 1. The number of ether oxygens (including phenoxy) is 1. The molecule has 0 atom stereocenters. The van der Waals surface area contributed by atoms with Gasteiger partial charge in [-0.15, -0.1) is 0 Å².